The maximum Gasteiger partial charge on any atom is 0.293 e. The van der Waals surface area contributed by atoms with E-state index in [-0.39, 0.29) is 18.5 Å². The lowest BCUT2D eigenvalue weighted by molar-refractivity contribution is -0.467. The van der Waals surface area contributed by atoms with E-state index in [0.29, 0.717) is 0 Å². The number of aliphatic carboxylic acids is 3. The summed E-state index contributed by atoms with van der Waals surface area (Å²) in [4.78, 5) is 30.0. The molecule has 0 atom stereocenters. The second kappa shape index (κ2) is 8.55. The van der Waals surface area contributed by atoms with Crippen LogP contribution in [0, 0.1) is 0 Å². The fourth-order valence-electron chi connectivity index (χ4n) is 0.680. The summed E-state index contributed by atoms with van der Waals surface area (Å²) >= 11 is 0. The molecule has 0 bridgehead atoms. The van der Waals surface area contributed by atoms with Gasteiger partial charge in [-0.2, -0.15) is 0 Å². The minimum absolute atomic E-state index is 0. The Bertz CT molecular complexity index is 239. The molecule has 0 heterocycles. The van der Waals surface area contributed by atoms with E-state index in [1.807, 2.05) is 0 Å². The molecule has 0 radical (unpaired) electrons. The topological polar surface area (TPSA) is 250 Å². The molecule has 16 heavy (non-hydrogen) atoms. The largest absolute Gasteiger partial charge is 0.841 e. The highest BCUT2D eigenvalue weighted by molar-refractivity contribution is 5.86. The Balaban J connectivity index is -0.000000240. The van der Waals surface area contributed by atoms with E-state index in [2.05, 4.69) is 0 Å². The van der Waals surface area contributed by atoms with Crippen LogP contribution in [0.4, 0.5) is 0 Å². The second-order valence-electron chi connectivity index (χ2n) is 2.40. The highest BCUT2D eigenvalue weighted by Gasteiger charge is 2.25. The van der Waals surface area contributed by atoms with Gasteiger partial charge in [0, 0.05) is 11.9 Å². The van der Waals surface area contributed by atoms with Crippen LogP contribution in [0.1, 0.15) is 12.8 Å². The van der Waals surface area contributed by atoms with Crippen molar-refractivity contribution in [2.75, 3.05) is 0 Å². The lowest BCUT2D eigenvalue weighted by Crippen LogP contribution is -2.57. The van der Waals surface area contributed by atoms with Gasteiger partial charge < -0.3 is 48.5 Å². The number of hydrogen-bond acceptors (Lipinski definition) is 6. The van der Waals surface area contributed by atoms with Crippen LogP contribution in [0.3, 0.4) is 0 Å². The van der Waals surface area contributed by atoms with Crippen molar-refractivity contribution in [1.82, 2.24) is 18.5 Å². The van der Waals surface area contributed by atoms with E-state index < -0.39 is 36.4 Å². The summed E-state index contributed by atoms with van der Waals surface area (Å²) in [5, 5.41) is 39.0. The minimum Gasteiger partial charge on any atom is -0.841 e. The summed E-state index contributed by atoms with van der Waals surface area (Å²) in [6, 6.07) is 0. The molecule has 0 spiro atoms. The van der Waals surface area contributed by atoms with Crippen LogP contribution in [-0.2, 0) is 14.4 Å². The molecule has 0 aliphatic heterocycles. The first-order chi connectivity index (χ1) is 5.78. The number of rotatable bonds is 5. The van der Waals surface area contributed by atoms with E-state index in [4.69, 9.17) is 5.11 Å². The van der Waals surface area contributed by atoms with E-state index in [1.165, 1.54) is 0 Å². The molecule has 0 amide bonds. The van der Waals surface area contributed by atoms with Crippen molar-refractivity contribution in [3.8, 4) is 0 Å². The predicted octanol–water partition coefficient (Wildman–Crippen LogP) is -3.42. The zero-order valence-corrected chi connectivity index (χ0v) is 9.31. The van der Waals surface area contributed by atoms with Gasteiger partial charge in [-0.1, -0.05) is 0 Å². The number of carboxylic acid groups (broad SMARTS) is 3. The lowest BCUT2D eigenvalue weighted by Gasteiger charge is -2.36. The Labute approximate surface area is 90.6 Å². The third-order valence-electron chi connectivity index (χ3n) is 1.25. The van der Waals surface area contributed by atoms with Crippen molar-refractivity contribution < 1.29 is 34.8 Å². The van der Waals surface area contributed by atoms with Gasteiger partial charge in [-0.25, -0.2) is 0 Å². The molecule has 10 nitrogen and oxygen atoms in total. The molecule has 0 aromatic carbocycles. The van der Waals surface area contributed by atoms with Crippen molar-refractivity contribution in [1.29, 1.82) is 0 Å². The molecule has 0 saturated carbocycles. The molecular formula is C6H17N3O7. The Morgan fingerprint density at radius 3 is 1.31 bits per heavy atom. The van der Waals surface area contributed by atoms with Crippen LogP contribution in [0.5, 0.6) is 0 Å². The summed E-state index contributed by atoms with van der Waals surface area (Å²) in [5.74, 6) is -5.89. The molecule has 0 unspecified atom stereocenters. The Kier molecular flexibility index (Phi) is 12.7. The molecular weight excluding hydrogens is 226 g/mol. The third-order valence-corrected chi connectivity index (χ3v) is 1.25. The fraction of sp³-hybridized carbons (Fsp3) is 0.500. The average Bonchev–Trinajstić information content (AvgIpc) is 1.82. The van der Waals surface area contributed by atoms with Gasteiger partial charge in [-0.05, 0) is 18.4 Å². The molecule has 0 rings (SSSR count). The minimum atomic E-state index is -3.11. The Morgan fingerprint density at radius 1 is 0.938 bits per heavy atom. The zero-order chi connectivity index (χ0) is 10.6. The normalized spacial score (nSPS) is 8.81. The molecule has 0 fully saturated rings. The van der Waals surface area contributed by atoms with Crippen molar-refractivity contribution in [3.63, 3.8) is 0 Å². The van der Waals surface area contributed by atoms with Crippen LogP contribution in [-0.4, -0.2) is 28.6 Å². The Morgan fingerprint density at radius 2 is 1.19 bits per heavy atom. The smallest absolute Gasteiger partial charge is 0.293 e. The third kappa shape index (κ3) is 7.64. The molecule has 0 aromatic rings. The van der Waals surface area contributed by atoms with E-state index in [9.17, 15) is 29.7 Å². The first-order valence-corrected chi connectivity index (χ1v) is 3.11. The van der Waals surface area contributed by atoms with Gasteiger partial charge in [0.1, 0.15) is 0 Å². The van der Waals surface area contributed by atoms with E-state index >= 15 is 0 Å². The summed E-state index contributed by atoms with van der Waals surface area (Å²) < 4.78 is 0. The number of carboxylic acids is 3. The van der Waals surface area contributed by atoms with Crippen molar-refractivity contribution in [2.24, 2.45) is 0 Å². The van der Waals surface area contributed by atoms with Gasteiger partial charge in [0.05, 0.1) is 0 Å². The zero-order valence-electron chi connectivity index (χ0n) is 9.31. The van der Waals surface area contributed by atoms with E-state index in [1.54, 1.807) is 0 Å². The molecule has 0 aliphatic carbocycles. The highest BCUT2D eigenvalue weighted by Crippen LogP contribution is 2.10. The average molecular weight is 243 g/mol. The standard InChI is InChI=1S/C6H7O7.3H3N/c7-3(8)1-6(13,5(11)12)2-4(9)10;;;/h1-2H2,(H,7,8)(H,9,10)(H,11,12);3*1H3/q-1;;;/p+1. The van der Waals surface area contributed by atoms with Crippen LogP contribution in [0.2, 0.25) is 0 Å². The van der Waals surface area contributed by atoms with Gasteiger partial charge in [0.2, 0.25) is 0 Å². The molecule has 98 valence electrons. The summed E-state index contributed by atoms with van der Waals surface area (Å²) in [6.45, 7) is 0. The fourth-order valence-corrected chi connectivity index (χ4v) is 0.680. The van der Waals surface area contributed by atoms with Gasteiger partial charge in [-0.15, -0.1) is 0 Å². The molecule has 0 aliphatic rings. The van der Waals surface area contributed by atoms with Gasteiger partial charge in [-0.3, -0.25) is 4.79 Å². The predicted molar refractivity (Wildman–Crippen MR) is 47.6 cm³/mol. The number of quaternary nitrogens is 3. The SMILES string of the molecule is O=C([O-])CC([O-])(CC(=O)[O-])C(=O)O.[NH4+].[NH4+].[NH4+]. The number of hydrogen-bond donors (Lipinski definition) is 4. The molecule has 0 saturated heterocycles. The number of carbonyl (C=O) groups is 3. The maximum atomic E-state index is 11.0. The summed E-state index contributed by atoms with van der Waals surface area (Å²) in [5.41, 5.74) is -3.11. The molecule has 10 heteroatoms. The van der Waals surface area contributed by atoms with Gasteiger partial charge in [0.25, 0.3) is 5.97 Å². The second-order valence-corrected chi connectivity index (χ2v) is 2.40. The summed E-state index contributed by atoms with van der Waals surface area (Å²) in [7, 11) is 0. The lowest BCUT2D eigenvalue weighted by atomic mass is 9.96. The van der Waals surface area contributed by atoms with Crippen molar-refractivity contribution in [2.45, 2.75) is 18.4 Å². The number of carbonyl (C=O) groups excluding carboxylic acids is 2. The van der Waals surface area contributed by atoms with Crippen molar-refractivity contribution >= 4 is 17.9 Å². The van der Waals surface area contributed by atoms with Crippen LogP contribution >= 0.6 is 0 Å². The Hall–Kier alpha value is -1.75. The maximum absolute atomic E-state index is 11.0. The summed E-state index contributed by atoms with van der Waals surface area (Å²) in [6.07, 6.45) is -2.81. The van der Waals surface area contributed by atoms with Gasteiger partial charge >= 0.3 is 0 Å². The van der Waals surface area contributed by atoms with Crippen molar-refractivity contribution in [3.05, 3.63) is 0 Å². The first-order valence-electron chi connectivity index (χ1n) is 3.11. The quantitative estimate of drug-likeness (QED) is 0.379. The van der Waals surface area contributed by atoms with Crippen LogP contribution in [0.25, 0.3) is 0 Å². The van der Waals surface area contributed by atoms with Crippen LogP contribution < -0.4 is 33.8 Å². The molecule has 13 N–H and O–H groups in total. The van der Waals surface area contributed by atoms with Crippen LogP contribution in [0.15, 0.2) is 0 Å². The van der Waals surface area contributed by atoms with Gasteiger partial charge in [0.15, 0.2) is 0 Å². The first kappa shape index (κ1) is 23.8. The monoisotopic (exact) mass is 243 g/mol. The van der Waals surface area contributed by atoms with E-state index in [0.717, 1.165) is 0 Å². The molecule has 0 aromatic heterocycles. The highest BCUT2D eigenvalue weighted by atomic mass is 16.4.